The number of ketones is 2. The third-order valence-corrected chi connectivity index (χ3v) is 12.1. The van der Waals surface area contributed by atoms with Crippen LogP contribution in [0.2, 0.25) is 0 Å². The second-order valence-corrected chi connectivity index (χ2v) is 16.4. The molecule has 59 heavy (non-hydrogen) atoms. The molecule has 0 aromatic carbocycles. The Bertz CT molecular complexity index is 1810. The molecule has 0 saturated carbocycles. The van der Waals surface area contributed by atoms with Crippen molar-refractivity contribution in [2.24, 2.45) is 23.7 Å². The van der Waals surface area contributed by atoms with E-state index in [1.807, 2.05) is 44.1 Å². The van der Waals surface area contributed by atoms with E-state index >= 15 is 0 Å². The molecule has 0 radical (unpaired) electrons. The second-order valence-electron chi connectivity index (χ2n) is 16.4. The number of nitrogens with zero attached hydrogens (tertiary/aromatic N) is 6. The monoisotopic (exact) mass is 824 g/mol. The van der Waals surface area contributed by atoms with Crippen LogP contribution in [0, 0.1) is 35.5 Å². The number of aliphatic hydroxyl groups is 1. The van der Waals surface area contributed by atoms with E-state index in [9.17, 15) is 24.3 Å². The Kier molecular flexibility index (Phi) is 16.3. The predicted molar refractivity (Wildman–Crippen MR) is 217 cm³/mol. The van der Waals surface area contributed by atoms with Crippen LogP contribution in [0.4, 0.5) is 4.79 Å². The van der Waals surface area contributed by atoms with Crippen molar-refractivity contribution in [3.63, 3.8) is 0 Å². The van der Waals surface area contributed by atoms with Crippen LogP contribution in [0.5, 0.6) is 0 Å². The van der Waals surface area contributed by atoms with Crippen molar-refractivity contribution >= 4 is 23.6 Å². The zero-order valence-electron chi connectivity index (χ0n) is 36.7. The maximum atomic E-state index is 14.7. The Morgan fingerprint density at radius 1 is 1.00 bits per heavy atom. The number of aliphatic hydroxyl groups excluding tert-OH is 1. The maximum Gasteiger partial charge on any atom is 0.411 e. The van der Waals surface area contributed by atoms with Gasteiger partial charge in [0.05, 0.1) is 36.2 Å². The molecule has 16 heteroatoms. The first-order valence-electron chi connectivity index (χ1n) is 20.6. The smallest absolute Gasteiger partial charge is 0.411 e. The summed E-state index contributed by atoms with van der Waals surface area (Å²) in [6.45, 7) is 15.8. The Balaban J connectivity index is 1.72. The van der Waals surface area contributed by atoms with E-state index in [2.05, 4.69) is 27.1 Å². The Morgan fingerprint density at radius 2 is 1.69 bits per heavy atom. The average molecular weight is 825 g/mol. The fraction of sp³-hybridized carbons (Fsp3) is 0.698. The summed E-state index contributed by atoms with van der Waals surface area (Å²) in [5.41, 5.74) is -1.55. The number of pyridine rings is 1. The van der Waals surface area contributed by atoms with Gasteiger partial charge in [-0.05, 0) is 73.2 Å². The number of amides is 1. The highest BCUT2D eigenvalue weighted by Gasteiger charge is 2.60. The quantitative estimate of drug-likeness (QED) is 0.131. The molecule has 16 nitrogen and oxygen atoms in total. The standard InChI is InChI=1S/C43H64N6O10/c1-13-32(47(10)11)36(52)40(56-15-3)58-38-28(6)35(51)29(7)39(53)57-33(14-2)43(9)37(27(5)34(50)26(4)24-42(38,8)55-12)49(41(54)59-43)23-19-18-22-48-25-31(45-46-48)30-20-16-17-21-44-30/h16-17,20-21,25-29,32-33,36-38,40,52H,13-15,22-24H2,1-12H3/t26-,27+,28+,29-,32?,33-,36?,37-,38-,40+,42-,43-/m1/s1. The number of carbonyl (C=O) groups is 4. The first kappa shape index (κ1) is 47.4. The summed E-state index contributed by atoms with van der Waals surface area (Å²) in [6.07, 6.45) is -0.852. The molecule has 2 saturated heterocycles. The molecule has 2 unspecified atom stereocenters. The number of carbonyl (C=O) groups excluding carboxylic acids is 4. The lowest BCUT2D eigenvalue weighted by Crippen LogP contribution is -2.59. The van der Waals surface area contributed by atoms with E-state index < -0.39 is 83.4 Å². The lowest BCUT2D eigenvalue weighted by molar-refractivity contribution is -0.265. The molecule has 12 atom stereocenters. The Hall–Kier alpha value is -4.27. The molecule has 4 rings (SSSR count). The number of fused-ring (bicyclic) bond motifs is 1. The van der Waals surface area contributed by atoms with Crippen molar-refractivity contribution < 1.29 is 48.0 Å². The normalized spacial score (nSPS) is 31.1. The van der Waals surface area contributed by atoms with E-state index in [-0.39, 0.29) is 44.4 Å². The Labute approximate surface area is 348 Å². The molecule has 2 aromatic heterocycles. The van der Waals surface area contributed by atoms with Crippen molar-refractivity contribution in [3.8, 4) is 23.2 Å². The van der Waals surface area contributed by atoms with Gasteiger partial charge in [0.2, 0.25) is 0 Å². The molecule has 2 fully saturated rings. The molecule has 2 aromatic rings. The van der Waals surface area contributed by atoms with E-state index in [0.29, 0.717) is 17.8 Å². The van der Waals surface area contributed by atoms with Crippen LogP contribution >= 0.6 is 0 Å². The van der Waals surface area contributed by atoms with Gasteiger partial charge >= 0.3 is 12.1 Å². The summed E-state index contributed by atoms with van der Waals surface area (Å²) in [4.78, 5) is 64.4. The number of rotatable bonds is 13. The molecule has 0 bridgehead atoms. The fourth-order valence-corrected chi connectivity index (χ4v) is 8.75. The number of aromatic nitrogens is 4. The van der Waals surface area contributed by atoms with Crippen LogP contribution in [-0.4, -0.2) is 141 Å². The minimum atomic E-state index is -1.49. The first-order chi connectivity index (χ1) is 27.9. The number of cyclic esters (lactones) is 1. The summed E-state index contributed by atoms with van der Waals surface area (Å²) in [5.74, 6) is 0.767. The number of ether oxygens (including phenoxy) is 5. The molecule has 0 spiro atoms. The van der Waals surface area contributed by atoms with Gasteiger partial charge in [0.15, 0.2) is 17.7 Å². The lowest BCUT2D eigenvalue weighted by Gasteiger charge is -2.45. The minimum Gasteiger partial charge on any atom is -0.458 e. The van der Waals surface area contributed by atoms with Crippen molar-refractivity contribution in [2.75, 3.05) is 34.4 Å². The molecule has 4 heterocycles. The lowest BCUT2D eigenvalue weighted by atomic mass is 9.73. The van der Waals surface area contributed by atoms with E-state index in [1.165, 1.54) is 18.9 Å². The van der Waals surface area contributed by atoms with Crippen molar-refractivity contribution in [1.82, 2.24) is 29.8 Å². The van der Waals surface area contributed by atoms with Gasteiger partial charge in [0, 0.05) is 43.7 Å². The highest BCUT2D eigenvalue weighted by atomic mass is 16.7. The number of esters is 1. The number of methoxy groups -OCH3 is 1. The summed E-state index contributed by atoms with van der Waals surface area (Å²) in [7, 11) is 5.17. The molecule has 1 N–H and O–H groups in total. The van der Waals surface area contributed by atoms with Gasteiger partial charge in [0.25, 0.3) is 0 Å². The largest absolute Gasteiger partial charge is 0.458 e. The zero-order valence-corrected chi connectivity index (χ0v) is 36.7. The summed E-state index contributed by atoms with van der Waals surface area (Å²) in [5, 5.41) is 19.9. The molecular weight excluding hydrogens is 761 g/mol. The molecule has 2 aliphatic heterocycles. The topological polar surface area (TPSA) is 185 Å². The van der Waals surface area contributed by atoms with Crippen molar-refractivity contribution in [1.29, 1.82) is 0 Å². The van der Waals surface area contributed by atoms with Gasteiger partial charge in [-0.2, -0.15) is 0 Å². The minimum absolute atomic E-state index is 0.0846. The molecular formula is C43H64N6O10. The van der Waals surface area contributed by atoms with Crippen molar-refractivity contribution in [2.45, 2.75) is 136 Å². The summed E-state index contributed by atoms with van der Waals surface area (Å²) < 4.78 is 32.5. The SMILES string of the molecule is CCO[C@@H](O[C@@H]1[C@@H](C)C(=O)[C@@H](C)C(=O)O[C@H](CC)[C@@]2(C)OC(=O)N(CC#CCn3cc(-c4ccccn4)nn3)[C@@H]2[C@@H](C)C(=O)[C@H](C)C[C@@]1(C)OC)C(O)C(CC)N(C)C. The van der Waals surface area contributed by atoms with Gasteiger partial charge in [-0.15, -0.1) is 5.10 Å². The van der Waals surface area contributed by atoms with Crippen LogP contribution in [-0.2, 0) is 44.6 Å². The maximum absolute atomic E-state index is 14.7. The molecule has 2 aliphatic rings. The summed E-state index contributed by atoms with van der Waals surface area (Å²) >= 11 is 0. The first-order valence-corrected chi connectivity index (χ1v) is 20.6. The Morgan fingerprint density at radius 3 is 2.29 bits per heavy atom. The predicted octanol–water partition coefficient (Wildman–Crippen LogP) is 4.19. The average Bonchev–Trinajstić information content (AvgIpc) is 3.79. The summed E-state index contributed by atoms with van der Waals surface area (Å²) in [6, 6.07) is 4.23. The third-order valence-electron chi connectivity index (χ3n) is 12.1. The van der Waals surface area contributed by atoms with Crippen LogP contribution < -0.4 is 0 Å². The molecule has 326 valence electrons. The van der Waals surface area contributed by atoms with Gasteiger partial charge in [0.1, 0.15) is 36.1 Å². The molecule has 1 amide bonds. The van der Waals surface area contributed by atoms with E-state index in [0.717, 1.165) is 0 Å². The highest BCUT2D eigenvalue weighted by molar-refractivity contribution is 6.00. The second kappa shape index (κ2) is 20.3. The number of hydrogen-bond donors (Lipinski definition) is 1. The van der Waals surface area contributed by atoms with E-state index in [1.54, 1.807) is 65.5 Å². The van der Waals surface area contributed by atoms with Crippen LogP contribution in [0.15, 0.2) is 30.6 Å². The molecule has 0 aliphatic carbocycles. The van der Waals surface area contributed by atoms with E-state index in [4.69, 9.17) is 23.7 Å². The van der Waals surface area contributed by atoms with Crippen LogP contribution in [0.25, 0.3) is 11.4 Å². The van der Waals surface area contributed by atoms with Gasteiger partial charge < -0.3 is 33.7 Å². The van der Waals surface area contributed by atoms with Gasteiger partial charge in [-0.25, -0.2) is 9.48 Å². The third kappa shape index (κ3) is 10.4. The fourth-order valence-electron chi connectivity index (χ4n) is 8.75. The van der Waals surface area contributed by atoms with Crippen LogP contribution in [0.3, 0.4) is 0 Å². The number of hydrogen-bond acceptors (Lipinski definition) is 14. The van der Waals surface area contributed by atoms with Crippen LogP contribution in [0.1, 0.15) is 81.6 Å². The van der Waals surface area contributed by atoms with Gasteiger partial charge in [-0.3, -0.25) is 24.3 Å². The number of Topliss-reactive ketones (excluding diaryl/α,β-unsaturated/α-hetero) is 2. The zero-order chi connectivity index (χ0) is 43.8. The van der Waals surface area contributed by atoms with Crippen molar-refractivity contribution in [3.05, 3.63) is 30.6 Å². The number of likely N-dealkylation sites (N-methyl/N-ethyl adjacent to an activating group) is 1. The highest BCUT2D eigenvalue weighted by Crippen LogP contribution is 2.42. The van der Waals surface area contributed by atoms with Gasteiger partial charge in [-0.1, -0.05) is 57.7 Å².